The predicted octanol–water partition coefficient (Wildman–Crippen LogP) is 3.81. The number of aliphatic carboxylic acids is 1. The van der Waals surface area contributed by atoms with Gasteiger partial charge in [0.05, 0.1) is 16.4 Å². The molecule has 0 unspecified atom stereocenters. The molecule has 0 aliphatic carbocycles. The molecule has 0 spiro atoms. The molecule has 152 valence electrons. The first-order valence-corrected chi connectivity index (χ1v) is 9.72. The van der Waals surface area contributed by atoms with E-state index in [0.29, 0.717) is 24.2 Å². The number of rotatable bonds is 7. The molecule has 29 heavy (non-hydrogen) atoms. The number of hydrogen-bond donors (Lipinski definition) is 1. The number of carbonyl (C=O) groups excluding carboxylic acids is 1. The predicted molar refractivity (Wildman–Crippen MR) is 112 cm³/mol. The van der Waals surface area contributed by atoms with Crippen LogP contribution in [0.2, 0.25) is 0 Å². The minimum atomic E-state index is -1.04. The zero-order chi connectivity index (χ0) is 21.2. The molecule has 1 aromatic carbocycles. The van der Waals surface area contributed by atoms with Crippen LogP contribution >= 0.6 is 0 Å². The van der Waals surface area contributed by atoms with E-state index in [4.69, 9.17) is 0 Å². The summed E-state index contributed by atoms with van der Waals surface area (Å²) < 4.78 is 1.96. The first-order chi connectivity index (χ1) is 13.8. The standard InChI is InChI=1S/C22H26N4O3/c1-5-22(6-2,21(28)29)14-26(19-9-7-8-12-23-19)20(27)16-10-11-18-17(13-16)24-15(3)25(18)4/h7-13H,5-6,14H2,1-4H3,(H,28,29). The van der Waals surface area contributed by atoms with Gasteiger partial charge in [-0.3, -0.25) is 14.5 Å². The maximum atomic E-state index is 13.5. The van der Waals surface area contributed by atoms with Crippen LogP contribution in [-0.2, 0) is 11.8 Å². The minimum absolute atomic E-state index is 0.0461. The van der Waals surface area contributed by atoms with Gasteiger partial charge in [-0.1, -0.05) is 19.9 Å². The van der Waals surface area contributed by atoms with Gasteiger partial charge in [-0.25, -0.2) is 9.97 Å². The van der Waals surface area contributed by atoms with Crippen LogP contribution in [0.15, 0.2) is 42.6 Å². The zero-order valence-electron chi connectivity index (χ0n) is 17.2. The highest BCUT2D eigenvalue weighted by atomic mass is 16.4. The van der Waals surface area contributed by atoms with E-state index in [0.717, 1.165) is 16.9 Å². The van der Waals surface area contributed by atoms with E-state index in [-0.39, 0.29) is 12.5 Å². The van der Waals surface area contributed by atoms with Gasteiger partial charge in [-0.05, 0) is 50.1 Å². The Balaban J connectivity index is 2.06. The second-order valence-corrected chi connectivity index (χ2v) is 7.29. The van der Waals surface area contributed by atoms with Crippen LogP contribution in [0.25, 0.3) is 11.0 Å². The fourth-order valence-corrected chi connectivity index (χ4v) is 3.53. The number of pyridine rings is 1. The van der Waals surface area contributed by atoms with Gasteiger partial charge in [0.2, 0.25) is 0 Å². The van der Waals surface area contributed by atoms with Gasteiger partial charge in [-0.15, -0.1) is 0 Å². The van der Waals surface area contributed by atoms with Crippen molar-refractivity contribution in [2.45, 2.75) is 33.6 Å². The normalized spacial score (nSPS) is 11.6. The van der Waals surface area contributed by atoms with Crippen molar-refractivity contribution in [1.82, 2.24) is 14.5 Å². The lowest BCUT2D eigenvalue weighted by Gasteiger charge is -2.33. The lowest BCUT2D eigenvalue weighted by Crippen LogP contribution is -2.45. The summed E-state index contributed by atoms with van der Waals surface area (Å²) in [4.78, 5) is 35.8. The Morgan fingerprint density at radius 3 is 2.48 bits per heavy atom. The van der Waals surface area contributed by atoms with Crippen molar-refractivity contribution in [1.29, 1.82) is 0 Å². The van der Waals surface area contributed by atoms with Crippen LogP contribution in [0.3, 0.4) is 0 Å². The van der Waals surface area contributed by atoms with Crippen LogP contribution in [0, 0.1) is 12.3 Å². The maximum Gasteiger partial charge on any atom is 0.311 e. The molecule has 7 nitrogen and oxygen atoms in total. The smallest absolute Gasteiger partial charge is 0.311 e. The number of carbonyl (C=O) groups is 2. The van der Waals surface area contributed by atoms with Crippen LogP contribution in [0.1, 0.15) is 42.9 Å². The molecule has 0 fully saturated rings. The Hall–Kier alpha value is -3.22. The van der Waals surface area contributed by atoms with Gasteiger partial charge in [0, 0.05) is 25.4 Å². The summed E-state index contributed by atoms with van der Waals surface area (Å²) in [6.45, 7) is 5.62. The number of nitrogens with zero attached hydrogens (tertiary/aromatic N) is 4. The number of anilines is 1. The highest BCUT2D eigenvalue weighted by molar-refractivity contribution is 6.07. The molecular formula is C22H26N4O3. The number of amides is 1. The van der Waals surface area contributed by atoms with Crippen LogP contribution < -0.4 is 4.90 Å². The number of fused-ring (bicyclic) bond motifs is 1. The SMILES string of the molecule is CCC(CC)(CN(C(=O)c1ccc2c(c1)nc(C)n2C)c1ccccn1)C(=O)O. The first-order valence-electron chi connectivity index (χ1n) is 9.72. The fourth-order valence-electron chi connectivity index (χ4n) is 3.53. The van der Waals surface area contributed by atoms with E-state index in [9.17, 15) is 14.7 Å². The molecule has 0 saturated carbocycles. The molecule has 0 aliphatic rings. The lowest BCUT2D eigenvalue weighted by atomic mass is 9.81. The third kappa shape index (κ3) is 3.72. The third-order valence-electron chi connectivity index (χ3n) is 5.79. The summed E-state index contributed by atoms with van der Waals surface area (Å²) in [6, 6.07) is 10.6. The molecule has 2 aromatic heterocycles. The van der Waals surface area contributed by atoms with Crippen LogP contribution in [-0.4, -0.2) is 38.1 Å². The molecular weight excluding hydrogens is 368 g/mol. The molecule has 0 aliphatic heterocycles. The average molecular weight is 394 g/mol. The van der Waals surface area contributed by atoms with Crippen molar-refractivity contribution in [3.8, 4) is 0 Å². The molecule has 0 bridgehead atoms. The van der Waals surface area contributed by atoms with Crippen molar-refractivity contribution in [3.05, 3.63) is 54.0 Å². The fraction of sp³-hybridized carbons (Fsp3) is 0.364. The summed E-state index contributed by atoms with van der Waals surface area (Å²) in [7, 11) is 1.93. The molecule has 2 heterocycles. The molecule has 3 rings (SSSR count). The number of carboxylic acids is 1. The molecule has 0 atom stereocenters. The van der Waals surface area contributed by atoms with Crippen molar-refractivity contribution in [3.63, 3.8) is 0 Å². The van der Waals surface area contributed by atoms with E-state index in [1.54, 1.807) is 36.5 Å². The molecule has 1 amide bonds. The number of benzene rings is 1. The first kappa shape index (κ1) is 20.5. The number of imidazole rings is 1. The van der Waals surface area contributed by atoms with E-state index >= 15 is 0 Å². The molecule has 3 aromatic rings. The minimum Gasteiger partial charge on any atom is -0.481 e. The Morgan fingerprint density at radius 1 is 1.17 bits per heavy atom. The number of carboxylic acid groups (broad SMARTS) is 1. The molecule has 1 N–H and O–H groups in total. The van der Waals surface area contributed by atoms with Gasteiger partial charge >= 0.3 is 5.97 Å². The topological polar surface area (TPSA) is 88.3 Å². The van der Waals surface area contributed by atoms with E-state index < -0.39 is 11.4 Å². The Morgan fingerprint density at radius 2 is 1.90 bits per heavy atom. The summed E-state index contributed by atoms with van der Waals surface area (Å²) in [6.07, 6.45) is 2.42. The summed E-state index contributed by atoms with van der Waals surface area (Å²) >= 11 is 0. The highest BCUT2D eigenvalue weighted by Crippen LogP contribution is 2.31. The van der Waals surface area contributed by atoms with Crippen LogP contribution in [0.5, 0.6) is 0 Å². The molecule has 7 heteroatoms. The Bertz CT molecular complexity index is 1040. The third-order valence-corrected chi connectivity index (χ3v) is 5.79. The lowest BCUT2D eigenvalue weighted by molar-refractivity contribution is -0.148. The van der Waals surface area contributed by atoms with Crippen molar-refractivity contribution < 1.29 is 14.7 Å². The average Bonchev–Trinajstić information content (AvgIpc) is 3.02. The van der Waals surface area contributed by atoms with Crippen molar-refractivity contribution in [2.24, 2.45) is 12.5 Å². The largest absolute Gasteiger partial charge is 0.481 e. The Kier molecular flexibility index (Phi) is 5.68. The number of aryl methyl sites for hydroxylation is 2. The van der Waals surface area contributed by atoms with Gasteiger partial charge in [0.1, 0.15) is 11.6 Å². The van der Waals surface area contributed by atoms with E-state index in [1.165, 1.54) is 4.90 Å². The zero-order valence-corrected chi connectivity index (χ0v) is 17.2. The Labute approximate surface area is 170 Å². The summed E-state index contributed by atoms with van der Waals surface area (Å²) in [5.41, 5.74) is 1.07. The van der Waals surface area contributed by atoms with E-state index in [2.05, 4.69) is 9.97 Å². The van der Waals surface area contributed by atoms with E-state index in [1.807, 2.05) is 38.5 Å². The van der Waals surface area contributed by atoms with Crippen molar-refractivity contribution >= 4 is 28.7 Å². The second-order valence-electron chi connectivity index (χ2n) is 7.29. The quantitative estimate of drug-likeness (QED) is 0.658. The monoisotopic (exact) mass is 394 g/mol. The van der Waals surface area contributed by atoms with Gasteiger partial charge < -0.3 is 9.67 Å². The molecule has 0 radical (unpaired) electrons. The molecule has 0 saturated heterocycles. The highest BCUT2D eigenvalue weighted by Gasteiger charge is 2.39. The van der Waals surface area contributed by atoms with Crippen LogP contribution in [0.4, 0.5) is 5.82 Å². The summed E-state index contributed by atoms with van der Waals surface area (Å²) in [5.74, 6) is 0.0869. The van der Waals surface area contributed by atoms with Crippen molar-refractivity contribution in [2.75, 3.05) is 11.4 Å². The summed E-state index contributed by atoms with van der Waals surface area (Å²) in [5, 5.41) is 9.88. The van der Waals surface area contributed by atoms with Gasteiger partial charge in [0.15, 0.2) is 0 Å². The maximum absolute atomic E-state index is 13.5. The van der Waals surface area contributed by atoms with Gasteiger partial charge in [-0.2, -0.15) is 0 Å². The number of aromatic nitrogens is 3. The second kappa shape index (κ2) is 8.03. The number of hydrogen-bond acceptors (Lipinski definition) is 4. The van der Waals surface area contributed by atoms with Gasteiger partial charge in [0.25, 0.3) is 5.91 Å².